The van der Waals surface area contributed by atoms with E-state index in [2.05, 4.69) is 20.9 Å². The van der Waals surface area contributed by atoms with Gasteiger partial charge in [0.15, 0.2) is 0 Å². The number of nitrogens with one attached hydrogen (secondary N) is 2. The fourth-order valence-corrected chi connectivity index (χ4v) is 2.52. The van der Waals surface area contributed by atoms with Crippen molar-refractivity contribution in [3.05, 3.63) is 47.5 Å². The van der Waals surface area contributed by atoms with Crippen molar-refractivity contribution in [2.24, 2.45) is 5.92 Å². The predicted octanol–water partition coefficient (Wildman–Crippen LogP) is 0.940. The minimum atomic E-state index is -0.281. The minimum Gasteiger partial charge on any atom is -0.463 e. The van der Waals surface area contributed by atoms with Crippen LogP contribution < -0.4 is 10.9 Å². The second kappa shape index (κ2) is 6.87. The van der Waals surface area contributed by atoms with E-state index in [9.17, 15) is 4.79 Å². The van der Waals surface area contributed by atoms with Crippen molar-refractivity contribution in [3.63, 3.8) is 0 Å². The summed E-state index contributed by atoms with van der Waals surface area (Å²) in [6, 6.07) is 7.30. The van der Waals surface area contributed by atoms with Crippen LogP contribution >= 0.6 is 11.6 Å². The van der Waals surface area contributed by atoms with Gasteiger partial charge in [-0.25, -0.2) is 15.1 Å². The highest BCUT2D eigenvalue weighted by atomic mass is 35.5. The van der Waals surface area contributed by atoms with Gasteiger partial charge in [0.2, 0.25) is 0 Å². The molecule has 22 heavy (non-hydrogen) atoms. The first-order valence-corrected chi connectivity index (χ1v) is 7.35. The molecule has 1 fully saturated rings. The van der Waals surface area contributed by atoms with Crippen LogP contribution in [-0.2, 0) is 16.1 Å². The fourth-order valence-electron chi connectivity index (χ4n) is 2.40. The molecule has 1 aliphatic rings. The number of hydrogen-bond donors (Lipinski definition) is 2. The maximum absolute atomic E-state index is 12.3. The molecule has 0 amide bonds. The average Bonchev–Trinajstić information content (AvgIpc) is 3.19. The number of carbonyl (C=O) groups excluding carboxylic acids is 1. The molecule has 8 heteroatoms. The Kier molecular flexibility index (Phi) is 4.67. The van der Waals surface area contributed by atoms with Crippen LogP contribution in [-0.4, -0.2) is 33.9 Å². The second-order valence-electron chi connectivity index (χ2n) is 4.99. The van der Waals surface area contributed by atoms with Crippen LogP contribution in [0.4, 0.5) is 0 Å². The third-order valence-electron chi connectivity index (χ3n) is 3.55. The molecule has 2 atom stereocenters. The Hall–Kier alpha value is -1.96. The summed E-state index contributed by atoms with van der Waals surface area (Å²) in [5.41, 5.74) is 7.11. The smallest absolute Gasteiger partial charge is 0.312 e. The van der Waals surface area contributed by atoms with Crippen LogP contribution in [0.2, 0.25) is 5.02 Å². The molecular weight excluding hydrogens is 306 g/mol. The molecule has 0 aliphatic carbocycles. The molecule has 1 aromatic heterocycles. The number of ether oxygens (including phenoxy) is 1. The van der Waals surface area contributed by atoms with Crippen molar-refractivity contribution >= 4 is 17.6 Å². The molecule has 0 saturated carbocycles. The van der Waals surface area contributed by atoms with Crippen LogP contribution in [0.15, 0.2) is 36.9 Å². The number of nitrogens with zero attached hydrogens (tertiary/aromatic N) is 3. The Labute approximate surface area is 132 Å². The Balaban J connectivity index is 1.57. The van der Waals surface area contributed by atoms with Crippen LogP contribution in [0.5, 0.6) is 0 Å². The number of esters is 1. The zero-order chi connectivity index (χ0) is 15.4. The summed E-state index contributed by atoms with van der Waals surface area (Å²) in [4.78, 5) is 16.1. The van der Waals surface area contributed by atoms with Crippen LogP contribution in [0.1, 0.15) is 11.6 Å². The Morgan fingerprint density at radius 3 is 2.95 bits per heavy atom. The number of aromatic nitrogens is 3. The van der Waals surface area contributed by atoms with Gasteiger partial charge in [-0.05, 0) is 17.7 Å². The standard InChI is InChI=1S/C14H16ClN5O2/c15-11-3-1-10(2-4-11)13-12(7-17-19-13)14(21)22-6-5-20-9-16-8-18-20/h1-4,8-9,12-13,17,19H,5-7H2. The zero-order valence-electron chi connectivity index (χ0n) is 11.8. The van der Waals surface area contributed by atoms with Gasteiger partial charge < -0.3 is 4.74 Å². The summed E-state index contributed by atoms with van der Waals surface area (Å²) in [5, 5.41) is 4.63. The summed E-state index contributed by atoms with van der Waals surface area (Å²) in [6.45, 7) is 1.28. The van der Waals surface area contributed by atoms with Crippen LogP contribution in [0.25, 0.3) is 0 Å². The van der Waals surface area contributed by atoms with Crippen molar-refractivity contribution in [2.45, 2.75) is 12.6 Å². The molecule has 116 valence electrons. The lowest BCUT2D eigenvalue weighted by molar-refractivity contribution is -0.148. The molecule has 0 radical (unpaired) electrons. The molecule has 2 unspecified atom stereocenters. The zero-order valence-corrected chi connectivity index (χ0v) is 12.5. The average molecular weight is 322 g/mol. The summed E-state index contributed by atoms with van der Waals surface area (Å²) in [6.07, 6.45) is 3.03. The first-order chi connectivity index (χ1) is 10.7. The quantitative estimate of drug-likeness (QED) is 0.798. The van der Waals surface area contributed by atoms with E-state index in [1.54, 1.807) is 11.0 Å². The largest absolute Gasteiger partial charge is 0.463 e. The van der Waals surface area contributed by atoms with Crippen LogP contribution in [0.3, 0.4) is 0 Å². The highest BCUT2D eigenvalue weighted by Gasteiger charge is 2.35. The van der Waals surface area contributed by atoms with Crippen LogP contribution in [0, 0.1) is 5.92 Å². The van der Waals surface area contributed by atoms with E-state index < -0.39 is 0 Å². The van der Waals surface area contributed by atoms with Crippen molar-refractivity contribution in [1.82, 2.24) is 25.6 Å². The van der Waals surface area contributed by atoms with Gasteiger partial charge in [-0.1, -0.05) is 23.7 Å². The van der Waals surface area contributed by atoms with Crippen molar-refractivity contribution in [2.75, 3.05) is 13.2 Å². The summed E-state index contributed by atoms with van der Waals surface area (Å²) >= 11 is 5.89. The third kappa shape index (κ3) is 3.44. The Morgan fingerprint density at radius 1 is 1.41 bits per heavy atom. The van der Waals surface area contributed by atoms with E-state index in [4.69, 9.17) is 16.3 Å². The molecular formula is C14H16ClN5O2. The van der Waals surface area contributed by atoms with E-state index in [0.717, 1.165) is 5.56 Å². The molecule has 2 N–H and O–H groups in total. The number of carbonyl (C=O) groups is 1. The van der Waals surface area contributed by atoms with Gasteiger partial charge in [-0.15, -0.1) is 0 Å². The van der Waals surface area contributed by atoms with Gasteiger partial charge >= 0.3 is 5.97 Å². The minimum absolute atomic E-state index is 0.129. The van der Waals surface area contributed by atoms with E-state index in [0.29, 0.717) is 18.1 Å². The van der Waals surface area contributed by atoms with Gasteiger partial charge in [0, 0.05) is 11.6 Å². The fraction of sp³-hybridized carbons (Fsp3) is 0.357. The lowest BCUT2D eigenvalue weighted by Crippen LogP contribution is -2.27. The lowest BCUT2D eigenvalue weighted by atomic mass is 9.95. The molecule has 3 rings (SSSR count). The Morgan fingerprint density at radius 2 is 2.23 bits per heavy atom. The van der Waals surface area contributed by atoms with Gasteiger partial charge in [-0.3, -0.25) is 10.2 Å². The third-order valence-corrected chi connectivity index (χ3v) is 3.80. The molecule has 0 bridgehead atoms. The molecule has 7 nitrogen and oxygen atoms in total. The first kappa shape index (κ1) is 15.0. The van der Waals surface area contributed by atoms with Crippen molar-refractivity contribution in [1.29, 1.82) is 0 Å². The SMILES string of the molecule is O=C(OCCn1cncn1)C1CNNC1c1ccc(Cl)cc1. The maximum atomic E-state index is 12.3. The first-order valence-electron chi connectivity index (χ1n) is 6.97. The number of rotatable bonds is 5. The molecule has 1 saturated heterocycles. The highest BCUT2D eigenvalue weighted by molar-refractivity contribution is 6.30. The van der Waals surface area contributed by atoms with E-state index in [1.807, 2.05) is 24.3 Å². The monoisotopic (exact) mass is 321 g/mol. The maximum Gasteiger partial charge on any atom is 0.312 e. The number of hydrogen-bond acceptors (Lipinski definition) is 6. The number of halogens is 1. The van der Waals surface area contributed by atoms with Gasteiger partial charge in [-0.2, -0.15) is 5.10 Å². The molecule has 1 aliphatic heterocycles. The summed E-state index contributed by atoms with van der Waals surface area (Å²) < 4.78 is 6.96. The van der Waals surface area contributed by atoms with Gasteiger partial charge in [0.1, 0.15) is 19.3 Å². The van der Waals surface area contributed by atoms with Gasteiger partial charge in [0.05, 0.1) is 18.5 Å². The molecule has 0 spiro atoms. The molecule has 2 aromatic rings. The van der Waals surface area contributed by atoms with E-state index >= 15 is 0 Å². The van der Waals surface area contributed by atoms with Gasteiger partial charge in [0.25, 0.3) is 0 Å². The lowest BCUT2D eigenvalue weighted by Gasteiger charge is -2.17. The summed E-state index contributed by atoms with van der Waals surface area (Å²) in [7, 11) is 0. The molecule has 2 heterocycles. The summed E-state index contributed by atoms with van der Waals surface area (Å²) in [5.74, 6) is -0.519. The predicted molar refractivity (Wildman–Crippen MR) is 79.8 cm³/mol. The highest BCUT2D eigenvalue weighted by Crippen LogP contribution is 2.26. The molecule has 1 aromatic carbocycles. The second-order valence-corrected chi connectivity index (χ2v) is 5.42. The number of benzene rings is 1. The van der Waals surface area contributed by atoms with E-state index in [-0.39, 0.29) is 24.5 Å². The topological polar surface area (TPSA) is 81.1 Å². The van der Waals surface area contributed by atoms with E-state index in [1.165, 1.54) is 6.33 Å². The van der Waals surface area contributed by atoms with Crippen molar-refractivity contribution < 1.29 is 9.53 Å². The van der Waals surface area contributed by atoms with Crippen molar-refractivity contribution in [3.8, 4) is 0 Å². The normalized spacial score (nSPS) is 21.0. The number of hydrazine groups is 1. The Bertz CT molecular complexity index is 617.